The average molecular weight is 542 g/mol. The van der Waals surface area contributed by atoms with Crippen LogP contribution in [0, 0.1) is 0 Å². The molecule has 3 aromatic rings. The first-order chi connectivity index (χ1) is 18.2. The van der Waals surface area contributed by atoms with Crippen LogP contribution in [0.25, 0.3) is 0 Å². The van der Waals surface area contributed by atoms with Crippen molar-refractivity contribution >= 4 is 23.6 Å². The van der Waals surface area contributed by atoms with Crippen LogP contribution in [0.15, 0.2) is 71.8 Å². The fraction of sp³-hybridized carbons (Fsp3) is 0.321. The van der Waals surface area contributed by atoms with E-state index in [2.05, 4.69) is 4.98 Å². The lowest BCUT2D eigenvalue weighted by molar-refractivity contribution is -0.137. The summed E-state index contributed by atoms with van der Waals surface area (Å²) in [6, 6.07) is 14.7. The van der Waals surface area contributed by atoms with Crippen LogP contribution in [0.4, 0.5) is 13.2 Å². The Labute approximate surface area is 222 Å². The summed E-state index contributed by atoms with van der Waals surface area (Å²) in [5.41, 5.74) is -0.162. The fourth-order valence-corrected chi connectivity index (χ4v) is 5.45. The minimum atomic E-state index is -4.41. The molecule has 1 saturated carbocycles. The molecule has 2 aliphatic rings. The van der Waals surface area contributed by atoms with Gasteiger partial charge in [-0.2, -0.15) is 13.2 Å². The summed E-state index contributed by atoms with van der Waals surface area (Å²) in [4.78, 5) is 35.6. The van der Waals surface area contributed by atoms with Gasteiger partial charge in [-0.15, -0.1) is 11.8 Å². The molecule has 6 nitrogen and oxygen atoms in total. The van der Waals surface area contributed by atoms with Crippen molar-refractivity contribution in [3.8, 4) is 11.5 Å². The van der Waals surface area contributed by atoms with Crippen LogP contribution in [0.3, 0.4) is 0 Å². The minimum Gasteiger partial charge on any atom is -0.457 e. The molecule has 0 radical (unpaired) electrons. The third-order valence-electron chi connectivity index (χ3n) is 6.80. The largest absolute Gasteiger partial charge is 0.457 e. The predicted molar refractivity (Wildman–Crippen MR) is 137 cm³/mol. The molecule has 0 N–H and O–H groups in total. The van der Waals surface area contributed by atoms with Gasteiger partial charge in [0, 0.05) is 36.3 Å². The van der Waals surface area contributed by atoms with Gasteiger partial charge in [0.25, 0.3) is 11.8 Å². The monoisotopic (exact) mass is 541 g/mol. The summed E-state index contributed by atoms with van der Waals surface area (Å²) in [6.07, 6.45) is -1.10. The quantitative estimate of drug-likeness (QED) is 0.351. The Morgan fingerprint density at radius 3 is 2.24 bits per heavy atom. The highest BCUT2D eigenvalue weighted by atomic mass is 32.2. The van der Waals surface area contributed by atoms with Gasteiger partial charge in [0.1, 0.15) is 17.2 Å². The van der Waals surface area contributed by atoms with Crippen molar-refractivity contribution in [2.24, 2.45) is 0 Å². The van der Waals surface area contributed by atoms with Crippen molar-refractivity contribution in [1.82, 2.24) is 14.8 Å². The Morgan fingerprint density at radius 1 is 0.974 bits per heavy atom. The molecule has 38 heavy (non-hydrogen) atoms. The summed E-state index contributed by atoms with van der Waals surface area (Å²) in [6.45, 7) is 3.35. The Hall–Kier alpha value is -3.53. The molecule has 198 valence electrons. The normalized spacial score (nSPS) is 16.4. The molecule has 1 aliphatic carbocycles. The van der Waals surface area contributed by atoms with Crippen molar-refractivity contribution in [2.75, 3.05) is 25.4 Å². The Bertz CT molecular complexity index is 1330. The number of amides is 2. The third kappa shape index (κ3) is 5.36. The summed E-state index contributed by atoms with van der Waals surface area (Å²) in [5.74, 6) is 1.29. The average Bonchev–Trinajstić information content (AvgIpc) is 3.67. The molecule has 0 bridgehead atoms. The first-order valence-electron chi connectivity index (χ1n) is 12.3. The maximum absolute atomic E-state index is 13.4. The Kier molecular flexibility index (Phi) is 7.09. The molecule has 1 saturated heterocycles. The smallest absolute Gasteiger partial charge is 0.416 e. The second-order valence-electron chi connectivity index (χ2n) is 9.34. The molecule has 1 spiro atoms. The van der Waals surface area contributed by atoms with Gasteiger partial charge < -0.3 is 14.5 Å². The lowest BCUT2D eigenvalue weighted by Gasteiger charge is -2.42. The van der Waals surface area contributed by atoms with Gasteiger partial charge in [0.2, 0.25) is 0 Å². The number of hydrogen-bond acceptors (Lipinski definition) is 5. The molecule has 0 unspecified atom stereocenters. The van der Waals surface area contributed by atoms with E-state index < -0.39 is 11.7 Å². The SMILES string of the molecule is CCSc1cccnc1C(=O)N1CCN(C(=O)c2ccc(Oc3ccc(C(F)(F)F)cc3)cc2)CC12CC2. The number of ether oxygens (including phenoxy) is 1. The van der Waals surface area contributed by atoms with Crippen LogP contribution in [0.2, 0.25) is 0 Å². The number of carbonyl (C=O) groups is 2. The van der Waals surface area contributed by atoms with Gasteiger partial charge in [-0.05, 0) is 79.3 Å². The van der Waals surface area contributed by atoms with Crippen molar-refractivity contribution in [3.63, 3.8) is 0 Å². The van der Waals surface area contributed by atoms with Crippen molar-refractivity contribution in [2.45, 2.75) is 36.4 Å². The lowest BCUT2D eigenvalue weighted by atomic mass is 10.1. The number of rotatable bonds is 6. The summed E-state index contributed by atoms with van der Waals surface area (Å²) < 4.78 is 43.9. The molecule has 10 heteroatoms. The fourth-order valence-electron chi connectivity index (χ4n) is 4.69. The second-order valence-corrected chi connectivity index (χ2v) is 10.6. The van der Waals surface area contributed by atoms with E-state index in [1.165, 1.54) is 12.1 Å². The highest BCUT2D eigenvalue weighted by Gasteiger charge is 2.54. The van der Waals surface area contributed by atoms with Gasteiger partial charge in [0.15, 0.2) is 0 Å². The molecular weight excluding hydrogens is 515 g/mol. The number of pyridine rings is 1. The Balaban J connectivity index is 1.23. The summed E-state index contributed by atoms with van der Waals surface area (Å²) >= 11 is 1.59. The zero-order valence-corrected chi connectivity index (χ0v) is 21.5. The number of halogens is 3. The van der Waals surface area contributed by atoms with Gasteiger partial charge in [-0.1, -0.05) is 6.92 Å². The van der Waals surface area contributed by atoms with E-state index in [1.807, 2.05) is 24.0 Å². The maximum Gasteiger partial charge on any atom is 0.416 e. The molecule has 2 amide bonds. The molecule has 2 heterocycles. The first kappa shape index (κ1) is 26.1. The van der Waals surface area contributed by atoms with Crippen molar-refractivity contribution in [3.05, 3.63) is 83.7 Å². The number of alkyl halides is 3. The summed E-state index contributed by atoms with van der Waals surface area (Å²) in [5, 5.41) is 0. The molecule has 0 atom stereocenters. The van der Waals surface area contributed by atoms with Crippen LogP contribution in [-0.4, -0.2) is 57.5 Å². The first-order valence-corrected chi connectivity index (χ1v) is 13.3. The van der Waals surface area contributed by atoms with E-state index in [-0.39, 0.29) is 23.1 Å². The van der Waals surface area contributed by atoms with Crippen LogP contribution in [0.1, 0.15) is 46.2 Å². The van der Waals surface area contributed by atoms with E-state index in [9.17, 15) is 22.8 Å². The Morgan fingerprint density at radius 2 is 1.63 bits per heavy atom. The van der Waals surface area contributed by atoms with Crippen LogP contribution >= 0.6 is 11.8 Å². The van der Waals surface area contributed by atoms with Crippen molar-refractivity contribution < 1.29 is 27.5 Å². The number of piperazine rings is 1. The number of benzene rings is 2. The van der Waals surface area contributed by atoms with Gasteiger partial charge in [-0.3, -0.25) is 9.59 Å². The molecule has 2 aromatic carbocycles. The highest BCUT2D eigenvalue weighted by Crippen LogP contribution is 2.45. The van der Waals surface area contributed by atoms with Gasteiger partial charge in [0.05, 0.1) is 11.1 Å². The van der Waals surface area contributed by atoms with Crippen LogP contribution in [-0.2, 0) is 6.18 Å². The highest BCUT2D eigenvalue weighted by molar-refractivity contribution is 7.99. The molecule has 2 fully saturated rings. The molecule has 5 rings (SSSR count). The molecule has 1 aliphatic heterocycles. The summed E-state index contributed by atoms with van der Waals surface area (Å²) in [7, 11) is 0. The predicted octanol–water partition coefficient (Wildman–Crippen LogP) is 6.14. The van der Waals surface area contributed by atoms with Crippen LogP contribution in [0.5, 0.6) is 11.5 Å². The maximum atomic E-state index is 13.4. The zero-order chi connectivity index (χ0) is 26.9. The standard InChI is InChI=1S/C28H26F3N3O3S/c1-2-38-23-4-3-15-32-24(23)26(36)34-17-16-33(18-27(34)13-14-27)25(35)19-5-9-21(10-6-19)37-22-11-7-20(8-12-22)28(29,30)31/h3-12,15H,2,13-14,16-18H2,1H3. The topological polar surface area (TPSA) is 62.7 Å². The molecular formula is C28H26F3N3O3S. The van der Waals surface area contributed by atoms with E-state index in [0.717, 1.165) is 35.6 Å². The lowest BCUT2D eigenvalue weighted by Crippen LogP contribution is -2.58. The van der Waals surface area contributed by atoms with E-state index in [1.54, 1.807) is 47.1 Å². The number of thioether (sulfide) groups is 1. The number of hydrogen-bond donors (Lipinski definition) is 0. The van der Waals surface area contributed by atoms with Gasteiger partial charge in [-0.25, -0.2) is 4.98 Å². The van der Waals surface area contributed by atoms with Crippen molar-refractivity contribution in [1.29, 1.82) is 0 Å². The van der Waals surface area contributed by atoms with E-state index >= 15 is 0 Å². The van der Waals surface area contributed by atoms with Crippen LogP contribution < -0.4 is 4.74 Å². The third-order valence-corrected chi connectivity index (χ3v) is 7.73. The number of carbonyl (C=O) groups excluding carboxylic acids is 2. The number of nitrogens with zero attached hydrogens (tertiary/aromatic N) is 3. The zero-order valence-electron chi connectivity index (χ0n) is 20.7. The molecule has 1 aromatic heterocycles. The second kappa shape index (κ2) is 10.3. The number of aromatic nitrogens is 1. The van der Waals surface area contributed by atoms with E-state index in [4.69, 9.17) is 4.74 Å². The minimum absolute atomic E-state index is 0.0871. The van der Waals surface area contributed by atoms with E-state index in [0.29, 0.717) is 36.6 Å². The van der Waals surface area contributed by atoms with Gasteiger partial charge >= 0.3 is 6.18 Å².